The number of ether oxygens (including phenoxy) is 1. The number of piperidine rings is 1. The van der Waals surface area contributed by atoms with Crippen molar-refractivity contribution in [2.24, 2.45) is 0 Å². The predicted octanol–water partition coefficient (Wildman–Crippen LogP) is 1.10. The van der Waals surface area contributed by atoms with Gasteiger partial charge in [-0.15, -0.1) is 10.3 Å². The van der Waals surface area contributed by atoms with Crippen molar-refractivity contribution >= 4 is 11.8 Å². The zero-order chi connectivity index (χ0) is 12.3. The molecule has 1 fully saturated rings. The number of nitrogens with zero attached hydrogens (tertiary/aromatic N) is 1. The normalized spacial score (nSPS) is 25.5. The third-order valence-electron chi connectivity index (χ3n) is 2.93. The fraction of sp³-hybridized carbons (Fsp3) is 0.818. The molecule has 1 unspecified atom stereocenters. The first-order valence-corrected chi connectivity index (χ1v) is 5.42. The Labute approximate surface area is 95.3 Å². The molecule has 5 heteroatoms. The maximum atomic E-state index is 11.9. The number of carbonyl (C=O) groups excluding carboxylic acids is 2. The van der Waals surface area contributed by atoms with Gasteiger partial charge in [0, 0.05) is 25.3 Å². The number of hydroxylamine groups is 2. The molecule has 0 saturated carbocycles. The zero-order valence-corrected chi connectivity index (χ0v) is 9.99. The molecule has 1 saturated heterocycles. The summed E-state index contributed by atoms with van der Waals surface area (Å²) in [5, 5.41) is 12.9. The van der Waals surface area contributed by atoms with Gasteiger partial charge in [-0.1, -0.05) is 0 Å². The van der Waals surface area contributed by atoms with E-state index in [1.807, 2.05) is 0 Å². The Morgan fingerprint density at radius 2 is 2.19 bits per heavy atom. The Morgan fingerprint density at radius 3 is 2.75 bits per heavy atom. The second kappa shape index (κ2) is 4.93. The van der Waals surface area contributed by atoms with Crippen LogP contribution in [0.2, 0.25) is 0 Å². The van der Waals surface area contributed by atoms with Crippen LogP contribution in [0, 0.1) is 0 Å². The third kappa shape index (κ3) is 3.02. The molecule has 91 valence electrons. The van der Waals surface area contributed by atoms with Gasteiger partial charge in [0.05, 0.1) is 12.6 Å². The molecule has 5 nitrogen and oxygen atoms in total. The Morgan fingerprint density at radius 1 is 1.56 bits per heavy atom. The lowest BCUT2D eigenvalue weighted by atomic mass is 9.86. The molecule has 1 radical (unpaired) electrons. The lowest BCUT2D eigenvalue weighted by molar-refractivity contribution is -0.255. The number of rotatable bonds is 3. The molecule has 0 N–H and O–H groups in total. The molecule has 0 aromatic carbocycles. The molecule has 0 aromatic heterocycles. The number of ketones is 1. The van der Waals surface area contributed by atoms with E-state index in [4.69, 9.17) is 0 Å². The van der Waals surface area contributed by atoms with Crippen LogP contribution >= 0.6 is 0 Å². The topological polar surface area (TPSA) is 66.5 Å². The van der Waals surface area contributed by atoms with Crippen molar-refractivity contribution in [2.45, 2.75) is 51.1 Å². The van der Waals surface area contributed by atoms with Gasteiger partial charge in [0.2, 0.25) is 0 Å². The minimum absolute atomic E-state index is 0.0898. The van der Waals surface area contributed by atoms with Crippen LogP contribution in [-0.2, 0) is 19.5 Å². The first-order valence-electron chi connectivity index (χ1n) is 5.42. The van der Waals surface area contributed by atoms with E-state index < -0.39 is 11.6 Å². The summed E-state index contributed by atoms with van der Waals surface area (Å²) in [4.78, 5) is 22.4. The summed E-state index contributed by atoms with van der Waals surface area (Å²) in [6, 6.07) is -0.393. The van der Waals surface area contributed by atoms with Crippen LogP contribution in [0.15, 0.2) is 0 Å². The average molecular weight is 228 g/mol. The van der Waals surface area contributed by atoms with Gasteiger partial charge >= 0.3 is 5.97 Å². The highest BCUT2D eigenvalue weighted by atomic mass is 16.5. The third-order valence-corrected chi connectivity index (χ3v) is 2.93. The lowest BCUT2D eigenvalue weighted by Crippen LogP contribution is -2.53. The summed E-state index contributed by atoms with van der Waals surface area (Å²) in [6.45, 7) is 3.50. The first kappa shape index (κ1) is 13.1. The van der Waals surface area contributed by atoms with Crippen LogP contribution in [0.3, 0.4) is 0 Å². The van der Waals surface area contributed by atoms with Gasteiger partial charge < -0.3 is 4.74 Å². The SMILES string of the molecule is COC(=O)CCC1CC(=O)CC(C)(C)N1[O]. The zero-order valence-electron chi connectivity index (χ0n) is 9.99. The minimum Gasteiger partial charge on any atom is -0.469 e. The van der Waals surface area contributed by atoms with E-state index in [0.717, 1.165) is 5.06 Å². The predicted molar refractivity (Wildman–Crippen MR) is 55.9 cm³/mol. The lowest BCUT2D eigenvalue weighted by Gasteiger charge is -2.40. The molecule has 0 aliphatic carbocycles. The van der Waals surface area contributed by atoms with E-state index >= 15 is 0 Å². The van der Waals surface area contributed by atoms with E-state index in [0.29, 0.717) is 6.42 Å². The van der Waals surface area contributed by atoms with Crippen molar-refractivity contribution < 1.29 is 19.5 Å². The number of esters is 1. The molecule has 0 spiro atoms. The number of methoxy groups -OCH3 is 1. The summed E-state index contributed by atoms with van der Waals surface area (Å²) < 4.78 is 4.51. The van der Waals surface area contributed by atoms with Crippen LogP contribution in [-0.4, -0.2) is 35.5 Å². The number of carbonyl (C=O) groups is 2. The molecule has 16 heavy (non-hydrogen) atoms. The van der Waals surface area contributed by atoms with E-state index in [1.165, 1.54) is 7.11 Å². The smallest absolute Gasteiger partial charge is 0.305 e. The fourth-order valence-electron chi connectivity index (χ4n) is 2.08. The van der Waals surface area contributed by atoms with Crippen LogP contribution in [0.1, 0.15) is 39.5 Å². The molecule has 0 bridgehead atoms. The van der Waals surface area contributed by atoms with Crippen molar-refractivity contribution in [3.05, 3.63) is 0 Å². The molecule has 1 atom stereocenters. The number of hydrogen-bond acceptors (Lipinski definition) is 4. The molecule has 0 amide bonds. The highest BCUT2D eigenvalue weighted by Crippen LogP contribution is 2.30. The standard InChI is InChI=1S/C11H18NO4/c1-11(2)7-9(13)6-8(12(11)15)4-5-10(14)16-3/h8H,4-7H2,1-3H3. The average Bonchev–Trinajstić information content (AvgIpc) is 2.20. The van der Waals surface area contributed by atoms with Gasteiger partial charge in [0.25, 0.3) is 0 Å². The van der Waals surface area contributed by atoms with Gasteiger partial charge in [-0.2, -0.15) is 0 Å². The van der Waals surface area contributed by atoms with Gasteiger partial charge in [0.15, 0.2) is 0 Å². The molecule has 1 aliphatic heterocycles. The van der Waals surface area contributed by atoms with E-state index in [2.05, 4.69) is 4.74 Å². The van der Waals surface area contributed by atoms with E-state index in [-0.39, 0.29) is 31.0 Å². The van der Waals surface area contributed by atoms with Crippen molar-refractivity contribution in [3.8, 4) is 0 Å². The number of Topliss-reactive ketones (excluding diaryl/α,β-unsaturated/α-hetero) is 1. The Hall–Kier alpha value is -0.940. The van der Waals surface area contributed by atoms with Gasteiger partial charge in [-0.25, -0.2) is 0 Å². The summed E-state index contributed by atoms with van der Waals surface area (Å²) in [5.41, 5.74) is -0.657. The fourth-order valence-corrected chi connectivity index (χ4v) is 2.08. The molecule has 1 heterocycles. The summed E-state index contributed by atoms with van der Waals surface area (Å²) in [7, 11) is 1.31. The second-order valence-corrected chi connectivity index (χ2v) is 4.83. The van der Waals surface area contributed by atoms with Crippen molar-refractivity contribution in [1.82, 2.24) is 5.06 Å². The van der Waals surface area contributed by atoms with E-state index in [9.17, 15) is 14.8 Å². The van der Waals surface area contributed by atoms with Gasteiger partial charge in [0.1, 0.15) is 5.78 Å². The van der Waals surface area contributed by atoms with E-state index in [1.54, 1.807) is 13.8 Å². The minimum atomic E-state index is -0.657. The first-order chi connectivity index (χ1) is 7.36. The summed E-state index contributed by atoms with van der Waals surface area (Å²) in [5.74, 6) is -0.254. The maximum absolute atomic E-state index is 11.9. The van der Waals surface area contributed by atoms with Crippen molar-refractivity contribution in [2.75, 3.05) is 7.11 Å². The summed E-state index contributed by atoms with van der Waals surface area (Å²) >= 11 is 0. The van der Waals surface area contributed by atoms with Crippen LogP contribution in [0.5, 0.6) is 0 Å². The number of hydrogen-bond donors (Lipinski definition) is 0. The Balaban J connectivity index is 2.58. The summed E-state index contributed by atoms with van der Waals surface area (Å²) in [6.07, 6.45) is 1.09. The largest absolute Gasteiger partial charge is 0.469 e. The molecule has 1 aliphatic rings. The molecule has 1 rings (SSSR count). The monoisotopic (exact) mass is 228 g/mol. The Kier molecular flexibility index (Phi) is 4.04. The van der Waals surface area contributed by atoms with Crippen molar-refractivity contribution in [3.63, 3.8) is 0 Å². The van der Waals surface area contributed by atoms with Crippen LogP contribution in [0.4, 0.5) is 0 Å². The molecule has 0 aromatic rings. The van der Waals surface area contributed by atoms with Crippen molar-refractivity contribution in [1.29, 1.82) is 0 Å². The van der Waals surface area contributed by atoms with Crippen LogP contribution in [0.25, 0.3) is 0 Å². The Bertz CT molecular complexity index is 288. The van der Waals surface area contributed by atoms with Gasteiger partial charge in [-0.3, -0.25) is 9.59 Å². The van der Waals surface area contributed by atoms with Gasteiger partial charge in [-0.05, 0) is 20.3 Å². The second-order valence-electron chi connectivity index (χ2n) is 4.83. The molecular weight excluding hydrogens is 210 g/mol. The molecular formula is C11H18NO4. The quantitative estimate of drug-likeness (QED) is 0.678. The highest BCUT2D eigenvalue weighted by Gasteiger charge is 2.40. The maximum Gasteiger partial charge on any atom is 0.305 e. The van der Waals surface area contributed by atoms with Crippen LogP contribution < -0.4 is 0 Å². The highest BCUT2D eigenvalue weighted by molar-refractivity contribution is 5.81.